The van der Waals surface area contributed by atoms with E-state index in [9.17, 15) is 23.5 Å². The Bertz CT molecular complexity index is 1360. The Hall–Kier alpha value is -2.73. The molecule has 1 N–H and O–H groups in total. The summed E-state index contributed by atoms with van der Waals surface area (Å²) >= 11 is 7.23. The second kappa shape index (κ2) is 9.86. The number of halogens is 4. The molecule has 0 spiro atoms. The van der Waals surface area contributed by atoms with Crippen molar-refractivity contribution in [3.8, 4) is 17.3 Å². The van der Waals surface area contributed by atoms with Crippen LogP contribution in [0.25, 0.3) is 11.3 Å². The average molecular weight is 554 g/mol. The van der Waals surface area contributed by atoms with Gasteiger partial charge in [-0.3, -0.25) is 0 Å². The fraction of sp³-hybridized carbons (Fsp3) is 0.391. The SMILES string of the molecule is COC1C(n2cc(-c3cc(F)c(F)c(F)c3)nn2)[C@H]2OCC(C)(O)C2O[C@@H]1Sc1cc(Cl)cnc1C#N. The zero-order valence-corrected chi connectivity index (χ0v) is 20.9. The number of pyridine rings is 1. The van der Waals surface area contributed by atoms with E-state index in [-0.39, 0.29) is 23.6 Å². The van der Waals surface area contributed by atoms with E-state index in [0.29, 0.717) is 9.92 Å². The number of benzene rings is 1. The molecule has 0 radical (unpaired) electrons. The van der Waals surface area contributed by atoms with Crippen molar-refractivity contribution < 1.29 is 32.5 Å². The van der Waals surface area contributed by atoms with Crippen LogP contribution in [0.3, 0.4) is 0 Å². The molecule has 2 aliphatic heterocycles. The number of methoxy groups -OCH3 is 1. The maximum Gasteiger partial charge on any atom is 0.194 e. The number of aliphatic hydroxyl groups is 1. The minimum atomic E-state index is -1.59. The van der Waals surface area contributed by atoms with Crippen LogP contribution in [-0.4, -0.2) is 68.2 Å². The molecule has 5 rings (SSSR count). The molecular formula is C23H19ClF3N5O4S. The van der Waals surface area contributed by atoms with Crippen molar-refractivity contribution >= 4 is 23.4 Å². The van der Waals surface area contributed by atoms with Crippen molar-refractivity contribution in [1.29, 1.82) is 5.26 Å². The van der Waals surface area contributed by atoms with Gasteiger partial charge in [-0.05, 0) is 25.1 Å². The van der Waals surface area contributed by atoms with E-state index in [1.165, 1.54) is 24.2 Å². The smallest absolute Gasteiger partial charge is 0.194 e. The van der Waals surface area contributed by atoms with Gasteiger partial charge in [0.15, 0.2) is 23.1 Å². The molecule has 3 aromatic rings. The summed E-state index contributed by atoms with van der Waals surface area (Å²) in [5.41, 5.74) is -1.96. The highest BCUT2D eigenvalue weighted by molar-refractivity contribution is 7.99. The van der Waals surface area contributed by atoms with Crippen molar-refractivity contribution in [2.75, 3.05) is 13.7 Å². The Morgan fingerprint density at radius 2 is 2.03 bits per heavy atom. The van der Waals surface area contributed by atoms with Crippen LogP contribution in [-0.2, 0) is 14.2 Å². The topological polar surface area (TPSA) is 115 Å². The molecule has 2 saturated heterocycles. The van der Waals surface area contributed by atoms with Gasteiger partial charge in [-0.2, -0.15) is 5.26 Å². The first kappa shape index (κ1) is 25.9. The van der Waals surface area contributed by atoms with Crippen molar-refractivity contribution in [3.05, 3.63) is 58.8 Å². The quantitative estimate of drug-likeness (QED) is 0.474. The van der Waals surface area contributed by atoms with Gasteiger partial charge in [0.1, 0.15) is 47.2 Å². The number of thioether (sulfide) groups is 1. The van der Waals surface area contributed by atoms with Gasteiger partial charge in [-0.25, -0.2) is 22.8 Å². The zero-order chi connectivity index (χ0) is 26.5. The standard InChI is InChI=1S/C23H19ClF3N5O4S/c1-23(33)9-35-19-18(32-8-15(30-31-32)10-3-12(25)17(27)13(26)4-10)20(34-2)22(36-21(19)23)37-16-5-11(24)7-29-14(16)6-28/h3-5,7-8,18-22,33H,9H2,1-2H3/t18?,19-,20?,21?,22-,23?/m1/s1. The maximum atomic E-state index is 13.8. The van der Waals surface area contributed by atoms with Gasteiger partial charge >= 0.3 is 0 Å². The predicted octanol–water partition coefficient (Wildman–Crippen LogP) is 3.51. The van der Waals surface area contributed by atoms with Gasteiger partial charge < -0.3 is 19.3 Å². The highest BCUT2D eigenvalue weighted by Gasteiger charge is 2.58. The van der Waals surface area contributed by atoms with E-state index in [1.807, 2.05) is 6.07 Å². The van der Waals surface area contributed by atoms with Crippen LogP contribution in [0.1, 0.15) is 18.7 Å². The van der Waals surface area contributed by atoms with Crippen molar-refractivity contribution in [2.45, 2.75) is 47.2 Å². The average Bonchev–Trinajstić information content (AvgIpc) is 3.46. The van der Waals surface area contributed by atoms with Crippen LogP contribution in [0.5, 0.6) is 0 Å². The summed E-state index contributed by atoms with van der Waals surface area (Å²) in [7, 11) is 1.45. The van der Waals surface area contributed by atoms with Gasteiger partial charge in [-0.1, -0.05) is 28.6 Å². The Morgan fingerprint density at radius 3 is 2.70 bits per heavy atom. The van der Waals surface area contributed by atoms with Crippen molar-refractivity contribution in [3.63, 3.8) is 0 Å². The molecule has 194 valence electrons. The van der Waals surface area contributed by atoms with Crippen LogP contribution in [0.4, 0.5) is 13.2 Å². The lowest BCUT2D eigenvalue weighted by Crippen LogP contribution is -2.57. The summed E-state index contributed by atoms with van der Waals surface area (Å²) in [5.74, 6) is -4.31. The number of hydrogen-bond donors (Lipinski definition) is 1. The fourth-order valence-electron chi connectivity index (χ4n) is 4.48. The largest absolute Gasteiger partial charge is 0.385 e. The van der Waals surface area contributed by atoms with Crippen LogP contribution in [0.2, 0.25) is 5.02 Å². The molecule has 0 bridgehead atoms. The minimum Gasteiger partial charge on any atom is -0.385 e. The first-order chi connectivity index (χ1) is 17.6. The van der Waals surface area contributed by atoms with Crippen LogP contribution in [0, 0.1) is 28.8 Å². The molecule has 0 aliphatic carbocycles. The Morgan fingerprint density at radius 1 is 1.30 bits per heavy atom. The fourth-order valence-corrected chi connectivity index (χ4v) is 5.94. The summed E-state index contributed by atoms with van der Waals surface area (Å²) in [4.78, 5) is 4.48. The number of rotatable bonds is 5. The number of hydrogen-bond acceptors (Lipinski definition) is 9. The third-order valence-corrected chi connectivity index (χ3v) is 7.62. The molecule has 37 heavy (non-hydrogen) atoms. The Kier molecular flexibility index (Phi) is 6.90. The molecule has 2 aromatic heterocycles. The minimum absolute atomic E-state index is 0.0193. The van der Waals surface area contributed by atoms with E-state index in [1.54, 1.807) is 13.0 Å². The summed E-state index contributed by atoms with van der Waals surface area (Å²) in [6.07, 6.45) is 0.451. The second-order valence-corrected chi connectivity index (χ2v) is 10.4. The summed E-state index contributed by atoms with van der Waals surface area (Å²) < 4.78 is 60.4. The monoisotopic (exact) mass is 553 g/mol. The summed E-state index contributed by atoms with van der Waals surface area (Å²) in [6, 6.07) is 4.50. The van der Waals surface area contributed by atoms with Gasteiger partial charge in [0, 0.05) is 23.8 Å². The number of nitriles is 1. The summed E-state index contributed by atoms with van der Waals surface area (Å²) in [5, 5.41) is 28.9. The van der Waals surface area contributed by atoms with Gasteiger partial charge in [-0.15, -0.1) is 5.10 Å². The third-order valence-electron chi connectivity index (χ3n) is 6.24. The van der Waals surface area contributed by atoms with Gasteiger partial charge in [0.2, 0.25) is 0 Å². The number of aromatic nitrogens is 4. The predicted molar refractivity (Wildman–Crippen MR) is 124 cm³/mol. The van der Waals surface area contributed by atoms with Crippen LogP contribution in [0.15, 0.2) is 35.5 Å². The number of ether oxygens (including phenoxy) is 3. The zero-order valence-electron chi connectivity index (χ0n) is 19.3. The molecule has 4 unspecified atom stereocenters. The summed E-state index contributed by atoms with van der Waals surface area (Å²) in [6.45, 7) is 1.53. The molecule has 14 heteroatoms. The maximum absolute atomic E-state index is 13.8. The molecule has 4 heterocycles. The van der Waals surface area contributed by atoms with Gasteiger partial charge in [0.25, 0.3) is 0 Å². The van der Waals surface area contributed by atoms with Crippen LogP contribution >= 0.6 is 23.4 Å². The van der Waals surface area contributed by atoms with E-state index >= 15 is 0 Å². The Labute approximate surface area is 218 Å². The number of nitrogens with zero attached hydrogens (tertiary/aromatic N) is 5. The lowest BCUT2D eigenvalue weighted by Gasteiger charge is -2.44. The molecule has 2 fully saturated rings. The van der Waals surface area contributed by atoms with Crippen molar-refractivity contribution in [2.24, 2.45) is 0 Å². The van der Waals surface area contributed by atoms with E-state index in [0.717, 1.165) is 23.9 Å². The highest BCUT2D eigenvalue weighted by atomic mass is 35.5. The molecule has 9 nitrogen and oxygen atoms in total. The molecule has 6 atom stereocenters. The first-order valence-electron chi connectivity index (χ1n) is 10.9. The molecule has 0 saturated carbocycles. The van der Waals surface area contributed by atoms with E-state index < -0.39 is 52.8 Å². The normalized spacial score (nSPS) is 29.2. The molecule has 2 aliphatic rings. The van der Waals surface area contributed by atoms with E-state index in [2.05, 4.69) is 15.3 Å². The highest BCUT2D eigenvalue weighted by Crippen LogP contribution is 2.46. The first-order valence-corrected chi connectivity index (χ1v) is 12.2. The van der Waals surface area contributed by atoms with Crippen LogP contribution < -0.4 is 0 Å². The van der Waals surface area contributed by atoms with E-state index in [4.69, 9.17) is 25.8 Å². The lowest BCUT2D eigenvalue weighted by molar-refractivity contribution is -0.182. The van der Waals surface area contributed by atoms with Gasteiger partial charge in [0.05, 0.1) is 17.8 Å². The molecule has 0 amide bonds. The number of fused-ring (bicyclic) bond motifs is 1. The lowest BCUT2D eigenvalue weighted by atomic mass is 9.90. The third kappa shape index (κ3) is 4.69. The van der Waals surface area contributed by atoms with Crippen molar-refractivity contribution in [1.82, 2.24) is 20.0 Å². The Balaban J connectivity index is 1.54. The molecule has 1 aromatic carbocycles. The second-order valence-electron chi connectivity index (χ2n) is 8.82. The molecular weight excluding hydrogens is 535 g/mol.